The molecule has 0 heterocycles. The molecule has 3 rings (SSSR count). The Kier molecular flexibility index (Phi) is 8.41. The number of carbonyl (C=O) groups is 1. The molecule has 0 radical (unpaired) electrons. The van der Waals surface area contributed by atoms with Crippen LogP contribution in [0.15, 0.2) is 66.7 Å². The van der Waals surface area contributed by atoms with Crippen molar-refractivity contribution in [3.05, 3.63) is 72.3 Å². The van der Waals surface area contributed by atoms with Crippen LogP contribution in [0.1, 0.15) is 5.56 Å². The maximum Gasteiger partial charge on any atom is 0.343 e. The molecule has 0 aliphatic carbocycles. The zero-order valence-electron chi connectivity index (χ0n) is 17.0. The highest BCUT2D eigenvalue weighted by atomic mass is 32.2. The van der Waals surface area contributed by atoms with Crippen LogP contribution >= 0.6 is 11.8 Å². The van der Waals surface area contributed by atoms with Gasteiger partial charge in [-0.1, -0.05) is 48.5 Å². The average molecular weight is 427 g/mol. The highest BCUT2D eigenvalue weighted by molar-refractivity contribution is 7.99. The first-order valence-electron chi connectivity index (χ1n) is 9.81. The van der Waals surface area contributed by atoms with Crippen LogP contribution < -0.4 is 9.47 Å². The number of hydrogen-bond acceptors (Lipinski definition) is 6. The lowest BCUT2D eigenvalue weighted by molar-refractivity contribution is -0.142. The first-order valence-corrected chi connectivity index (χ1v) is 11.0. The van der Waals surface area contributed by atoms with Gasteiger partial charge in [0, 0.05) is 11.1 Å². The average Bonchev–Trinajstić information content (AvgIpc) is 2.79. The number of carbonyl (C=O) groups excluding carboxylic acids is 1. The number of rotatable bonds is 11. The number of ether oxygens (including phenoxy) is 3. The molecule has 3 aromatic carbocycles. The maximum absolute atomic E-state index is 11.4. The molecule has 1 N–H and O–H groups in total. The molecule has 0 spiro atoms. The van der Waals surface area contributed by atoms with Crippen molar-refractivity contribution >= 4 is 28.5 Å². The summed E-state index contributed by atoms with van der Waals surface area (Å²) in [5.41, 5.74) is 1.21. The van der Waals surface area contributed by atoms with E-state index in [2.05, 4.69) is 16.9 Å². The van der Waals surface area contributed by atoms with E-state index in [-0.39, 0.29) is 13.2 Å². The zero-order chi connectivity index (χ0) is 21.2. The van der Waals surface area contributed by atoms with Crippen molar-refractivity contribution < 1.29 is 24.1 Å². The molecule has 30 heavy (non-hydrogen) atoms. The predicted molar refractivity (Wildman–Crippen MR) is 120 cm³/mol. The van der Waals surface area contributed by atoms with Gasteiger partial charge in [0.25, 0.3) is 0 Å². The number of hydrogen-bond donors (Lipinski definition) is 1. The van der Waals surface area contributed by atoms with Gasteiger partial charge in [0.2, 0.25) is 0 Å². The van der Waals surface area contributed by atoms with Crippen molar-refractivity contribution in [2.24, 2.45) is 0 Å². The van der Waals surface area contributed by atoms with Gasteiger partial charge in [0.05, 0.1) is 13.2 Å². The molecule has 0 saturated carbocycles. The van der Waals surface area contributed by atoms with E-state index < -0.39 is 12.1 Å². The largest absolute Gasteiger partial charge is 0.491 e. The summed E-state index contributed by atoms with van der Waals surface area (Å²) in [5.74, 6) is 2.53. The highest BCUT2D eigenvalue weighted by Gasteiger charge is 2.09. The number of aliphatic hydroxyl groups excluding tert-OH is 1. The molecular weight excluding hydrogens is 400 g/mol. The summed E-state index contributed by atoms with van der Waals surface area (Å²) in [4.78, 5) is 11.4. The number of methoxy groups -OCH3 is 1. The number of thioether (sulfide) groups is 1. The topological polar surface area (TPSA) is 65.0 Å². The van der Waals surface area contributed by atoms with E-state index in [9.17, 15) is 9.90 Å². The number of aryl methyl sites for hydroxylation is 1. The molecule has 0 fully saturated rings. The summed E-state index contributed by atoms with van der Waals surface area (Å²) in [5, 5.41) is 12.2. The Bertz CT molecular complexity index is 945. The van der Waals surface area contributed by atoms with Crippen molar-refractivity contribution in [2.45, 2.75) is 12.5 Å². The number of fused-ring (bicyclic) bond motifs is 1. The minimum absolute atomic E-state index is 0.112. The predicted octanol–water partition coefficient (Wildman–Crippen LogP) is 4.11. The van der Waals surface area contributed by atoms with E-state index in [0.717, 1.165) is 28.7 Å². The molecule has 0 unspecified atom stereocenters. The Morgan fingerprint density at radius 2 is 1.73 bits per heavy atom. The summed E-state index contributed by atoms with van der Waals surface area (Å²) in [6.45, 7) is 0.171. The van der Waals surface area contributed by atoms with Crippen molar-refractivity contribution in [1.29, 1.82) is 0 Å². The van der Waals surface area contributed by atoms with Crippen LogP contribution in [0.2, 0.25) is 0 Å². The molecule has 0 bridgehead atoms. The van der Waals surface area contributed by atoms with Crippen LogP contribution in [-0.4, -0.2) is 49.0 Å². The Balaban J connectivity index is 1.50. The van der Waals surface area contributed by atoms with Crippen molar-refractivity contribution in [3.63, 3.8) is 0 Å². The molecule has 5 nitrogen and oxygen atoms in total. The van der Waals surface area contributed by atoms with E-state index >= 15 is 0 Å². The van der Waals surface area contributed by atoms with Crippen LogP contribution in [0.25, 0.3) is 10.8 Å². The van der Waals surface area contributed by atoms with Gasteiger partial charge in [-0.2, -0.15) is 11.8 Å². The second-order valence-electron chi connectivity index (χ2n) is 6.74. The third-order valence-electron chi connectivity index (χ3n) is 4.56. The summed E-state index contributed by atoms with van der Waals surface area (Å²) in [6, 6.07) is 21.4. The monoisotopic (exact) mass is 426 g/mol. The van der Waals surface area contributed by atoms with Gasteiger partial charge in [-0.25, -0.2) is 4.79 Å². The smallest absolute Gasteiger partial charge is 0.343 e. The molecular formula is C24H26O5S. The molecule has 3 aromatic rings. The van der Waals surface area contributed by atoms with Crippen molar-refractivity contribution in [2.75, 3.05) is 31.8 Å². The second kappa shape index (κ2) is 11.5. The van der Waals surface area contributed by atoms with E-state index in [1.54, 1.807) is 11.8 Å². The molecule has 0 aliphatic rings. The Morgan fingerprint density at radius 3 is 2.53 bits per heavy atom. The van der Waals surface area contributed by atoms with Gasteiger partial charge < -0.3 is 19.3 Å². The normalized spacial score (nSPS) is 11.8. The van der Waals surface area contributed by atoms with Gasteiger partial charge in [-0.15, -0.1) is 0 Å². The number of aliphatic hydroxyl groups is 1. The third-order valence-corrected chi connectivity index (χ3v) is 5.67. The fourth-order valence-electron chi connectivity index (χ4n) is 3.04. The number of benzene rings is 3. The standard InChI is InChI=1S/C24H26O5S/c1-27-24(26)16-29-23-12-6-10-21-18(7-5-11-22(21)23)13-14-30-17-19(25)15-28-20-8-3-2-4-9-20/h2-12,19,25H,13-17H2,1H3/t19-/m1/s1. The van der Waals surface area contributed by atoms with Gasteiger partial charge in [-0.05, 0) is 41.3 Å². The molecule has 0 saturated heterocycles. The van der Waals surface area contributed by atoms with Gasteiger partial charge in [-0.3, -0.25) is 0 Å². The van der Waals surface area contributed by atoms with E-state index in [1.165, 1.54) is 12.7 Å². The fraction of sp³-hybridized carbons (Fsp3) is 0.292. The zero-order valence-corrected chi connectivity index (χ0v) is 17.8. The van der Waals surface area contributed by atoms with Crippen LogP contribution in [0.3, 0.4) is 0 Å². The Labute approximate surface area is 181 Å². The second-order valence-corrected chi connectivity index (χ2v) is 7.89. The summed E-state index contributed by atoms with van der Waals surface area (Å²) < 4.78 is 15.9. The van der Waals surface area contributed by atoms with Gasteiger partial charge in [0.15, 0.2) is 6.61 Å². The lowest BCUT2D eigenvalue weighted by atomic mass is 10.0. The quantitative estimate of drug-likeness (QED) is 0.368. The summed E-state index contributed by atoms with van der Waals surface area (Å²) in [7, 11) is 1.34. The van der Waals surface area contributed by atoms with Crippen molar-refractivity contribution in [3.8, 4) is 11.5 Å². The van der Waals surface area contributed by atoms with Crippen LogP contribution in [-0.2, 0) is 16.0 Å². The summed E-state index contributed by atoms with van der Waals surface area (Å²) >= 11 is 1.70. The first-order chi connectivity index (χ1) is 14.7. The van der Waals surface area contributed by atoms with Crippen LogP contribution in [0.5, 0.6) is 11.5 Å². The SMILES string of the molecule is COC(=O)COc1cccc2c(CCSC[C@H](O)COc3ccccc3)cccc12. The van der Waals surface area contributed by atoms with Gasteiger partial charge in [0.1, 0.15) is 18.1 Å². The summed E-state index contributed by atoms with van der Waals surface area (Å²) in [6.07, 6.45) is 0.357. The molecule has 0 aromatic heterocycles. The van der Waals surface area contributed by atoms with Crippen molar-refractivity contribution in [1.82, 2.24) is 0 Å². The van der Waals surface area contributed by atoms with Gasteiger partial charge >= 0.3 is 5.97 Å². The van der Waals surface area contributed by atoms with E-state index in [1.807, 2.05) is 54.6 Å². The van der Waals surface area contributed by atoms with E-state index in [0.29, 0.717) is 11.5 Å². The number of esters is 1. The molecule has 0 amide bonds. The highest BCUT2D eigenvalue weighted by Crippen LogP contribution is 2.29. The van der Waals surface area contributed by atoms with E-state index in [4.69, 9.17) is 9.47 Å². The minimum Gasteiger partial charge on any atom is -0.491 e. The maximum atomic E-state index is 11.4. The first kappa shape index (κ1) is 22.0. The lowest BCUT2D eigenvalue weighted by Gasteiger charge is -2.13. The Morgan fingerprint density at radius 1 is 0.967 bits per heavy atom. The third kappa shape index (κ3) is 6.40. The molecule has 158 valence electrons. The lowest BCUT2D eigenvalue weighted by Crippen LogP contribution is -2.20. The van der Waals surface area contributed by atoms with Crippen LogP contribution in [0, 0.1) is 0 Å². The minimum atomic E-state index is -0.513. The molecule has 1 atom stereocenters. The Hall–Kier alpha value is -2.70. The molecule has 6 heteroatoms. The fourth-order valence-corrected chi connectivity index (χ4v) is 3.94. The molecule has 0 aliphatic heterocycles. The number of para-hydroxylation sites is 1. The van der Waals surface area contributed by atoms with Crippen LogP contribution in [0.4, 0.5) is 0 Å².